The Hall–Kier alpha value is -3.27. The third kappa shape index (κ3) is 5.66. The Balaban J connectivity index is 1.28. The molecule has 0 unspecified atom stereocenters. The van der Waals surface area contributed by atoms with Crippen LogP contribution in [0.4, 0.5) is 10.1 Å². The Labute approximate surface area is 182 Å². The summed E-state index contributed by atoms with van der Waals surface area (Å²) in [6.45, 7) is 2.92. The first kappa shape index (κ1) is 21.0. The molecule has 0 spiro atoms. The van der Waals surface area contributed by atoms with Gasteiger partial charge in [-0.3, -0.25) is 4.79 Å². The molecular weight excluding hydrogens is 425 g/mol. The van der Waals surface area contributed by atoms with Gasteiger partial charge in [0.2, 0.25) is 5.91 Å². The lowest BCUT2D eigenvalue weighted by Gasteiger charge is -2.10. The monoisotopic (exact) mass is 445 g/mol. The smallest absolute Gasteiger partial charge is 0.277 e. The second kappa shape index (κ2) is 9.69. The number of nitrogens with zero attached hydrogens (tertiary/aromatic N) is 2. The summed E-state index contributed by atoms with van der Waals surface area (Å²) in [5.74, 6) is 1.53. The first-order valence-electron chi connectivity index (χ1n) is 9.65. The zero-order valence-corrected chi connectivity index (χ0v) is 17.5. The van der Waals surface area contributed by atoms with Gasteiger partial charge in [-0.05, 0) is 43.3 Å². The van der Waals surface area contributed by atoms with Crippen molar-refractivity contribution in [2.75, 3.05) is 24.3 Å². The second-order valence-electron chi connectivity index (χ2n) is 6.67. The van der Waals surface area contributed by atoms with E-state index >= 15 is 0 Å². The summed E-state index contributed by atoms with van der Waals surface area (Å²) >= 11 is 1.11. The lowest BCUT2D eigenvalue weighted by Crippen LogP contribution is -2.14. The molecule has 0 bridgehead atoms. The van der Waals surface area contributed by atoms with Crippen molar-refractivity contribution in [3.63, 3.8) is 0 Å². The standard InChI is InChI=1S/C21H20FN3O5S/c1-13(29-16-6-3-14(22)4-7-16)20-24-25-21(30-20)31-12-19(26)23-15-5-8-17-18(11-15)28-10-2-9-27-17/h3-8,11,13H,2,9-10,12H2,1H3,(H,23,26)/t13-/m0/s1. The molecule has 0 radical (unpaired) electrons. The van der Waals surface area contributed by atoms with E-state index in [4.69, 9.17) is 18.6 Å². The SMILES string of the molecule is C[C@H](Oc1ccc(F)cc1)c1nnc(SCC(=O)Nc2ccc3c(c2)OCCCO3)o1. The molecule has 1 atom stereocenters. The van der Waals surface area contributed by atoms with Crippen molar-refractivity contribution in [3.05, 3.63) is 54.2 Å². The normalized spacial score (nSPS) is 13.9. The number of thioether (sulfide) groups is 1. The van der Waals surface area contributed by atoms with Crippen molar-refractivity contribution in [2.24, 2.45) is 0 Å². The number of carbonyl (C=O) groups is 1. The maximum absolute atomic E-state index is 13.0. The minimum absolute atomic E-state index is 0.0866. The molecule has 1 aliphatic heterocycles. The van der Waals surface area contributed by atoms with Crippen LogP contribution < -0.4 is 19.5 Å². The highest BCUT2D eigenvalue weighted by Crippen LogP contribution is 2.32. The molecule has 10 heteroatoms. The molecule has 2 aromatic carbocycles. The molecule has 0 saturated heterocycles. The fraction of sp³-hybridized carbons (Fsp3) is 0.286. The number of amides is 1. The molecule has 0 fully saturated rings. The number of benzene rings is 2. The number of rotatable bonds is 7. The molecule has 1 aromatic heterocycles. The maximum Gasteiger partial charge on any atom is 0.277 e. The van der Waals surface area contributed by atoms with E-state index in [1.165, 1.54) is 24.3 Å². The van der Waals surface area contributed by atoms with E-state index in [0.29, 0.717) is 36.1 Å². The molecule has 0 saturated carbocycles. The number of hydrogen-bond acceptors (Lipinski definition) is 8. The van der Waals surface area contributed by atoms with Crippen LogP contribution in [0.25, 0.3) is 0 Å². The van der Waals surface area contributed by atoms with Crippen molar-refractivity contribution >= 4 is 23.4 Å². The Kier molecular flexibility index (Phi) is 6.56. The number of halogens is 1. The average Bonchev–Trinajstić information content (AvgIpc) is 3.12. The Bertz CT molecular complexity index is 1040. The average molecular weight is 445 g/mol. The van der Waals surface area contributed by atoms with Crippen LogP contribution in [0.1, 0.15) is 25.3 Å². The zero-order valence-electron chi connectivity index (χ0n) is 16.7. The van der Waals surface area contributed by atoms with Crippen LogP contribution in [0, 0.1) is 5.82 Å². The van der Waals surface area contributed by atoms with E-state index in [9.17, 15) is 9.18 Å². The van der Waals surface area contributed by atoms with Gasteiger partial charge in [0.1, 0.15) is 11.6 Å². The van der Waals surface area contributed by atoms with Gasteiger partial charge in [0.15, 0.2) is 17.6 Å². The predicted octanol–water partition coefficient (Wildman–Crippen LogP) is 4.24. The molecule has 2 heterocycles. The highest BCUT2D eigenvalue weighted by atomic mass is 32.2. The van der Waals surface area contributed by atoms with Crippen LogP contribution >= 0.6 is 11.8 Å². The topological polar surface area (TPSA) is 95.7 Å². The van der Waals surface area contributed by atoms with Crippen molar-refractivity contribution < 1.29 is 27.8 Å². The molecular formula is C21H20FN3O5S. The van der Waals surface area contributed by atoms with E-state index < -0.39 is 6.10 Å². The zero-order chi connectivity index (χ0) is 21.6. The molecule has 31 heavy (non-hydrogen) atoms. The van der Waals surface area contributed by atoms with E-state index in [1.807, 2.05) is 0 Å². The molecule has 1 aliphatic rings. The van der Waals surface area contributed by atoms with Crippen LogP contribution in [0.15, 0.2) is 52.1 Å². The molecule has 4 rings (SSSR count). The molecule has 162 valence electrons. The molecule has 8 nitrogen and oxygen atoms in total. The largest absolute Gasteiger partial charge is 0.490 e. The number of hydrogen-bond donors (Lipinski definition) is 1. The maximum atomic E-state index is 13.0. The van der Waals surface area contributed by atoms with Crippen LogP contribution in [0.5, 0.6) is 17.2 Å². The lowest BCUT2D eigenvalue weighted by molar-refractivity contribution is -0.113. The summed E-state index contributed by atoms with van der Waals surface area (Å²) in [4.78, 5) is 12.3. The summed E-state index contributed by atoms with van der Waals surface area (Å²) in [6, 6.07) is 10.9. The summed E-state index contributed by atoms with van der Waals surface area (Å²) in [6.07, 6.45) is 0.287. The first-order chi connectivity index (χ1) is 15.1. The first-order valence-corrected chi connectivity index (χ1v) is 10.6. The van der Waals surface area contributed by atoms with Gasteiger partial charge in [-0.2, -0.15) is 0 Å². The highest BCUT2D eigenvalue weighted by molar-refractivity contribution is 7.99. The summed E-state index contributed by atoms with van der Waals surface area (Å²) in [7, 11) is 0. The molecule has 1 N–H and O–H groups in total. The quantitative estimate of drug-likeness (QED) is 0.540. The van der Waals surface area contributed by atoms with Gasteiger partial charge < -0.3 is 23.9 Å². The van der Waals surface area contributed by atoms with Crippen LogP contribution in [-0.2, 0) is 4.79 Å². The molecule has 0 aliphatic carbocycles. The number of ether oxygens (including phenoxy) is 3. The highest BCUT2D eigenvalue weighted by Gasteiger charge is 2.17. The third-order valence-corrected chi connectivity index (χ3v) is 5.07. The number of fused-ring (bicyclic) bond motifs is 1. The van der Waals surface area contributed by atoms with E-state index in [0.717, 1.165) is 18.2 Å². The minimum atomic E-state index is -0.525. The lowest BCUT2D eigenvalue weighted by atomic mass is 10.2. The number of nitrogens with one attached hydrogen (secondary N) is 1. The number of aromatic nitrogens is 2. The van der Waals surface area contributed by atoms with Gasteiger partial charge in [-0.15, -0.1) is 10.2 Å². The summed E-state index contributed by atoms with van der Waals surface area (Å²) in [5.41, 5.74) is 0.613. The Morgan fingerprint density at radius 1 is 1.16 bits per heavy atom. The summed E-state index contributed by atoms with van der Waals surface area (Å²) < 4.78 is 35.4. The Morgan fingerprint density at radius 3 is 2.74 bits per heavy atom. The van der Waals surface area contributed by atoms with Gasteiger partial charge >= 0.3 is 0 Å². The van der Waals surface area contributed by atoms with E-state index in [2.05, 4.69) is 15.5 Å². The van der Waals surface area contributed by atoms with Gasteiger partial charge in [-0.25, -0.2) is 4.39 Å². The van der Waals surface area contributed by atoms with Crippen LogP contribution in [0.2, 0.25) is 0 Å². The van der Waals surface area contributed by atoms with Crippen LogP contribution in [-0.4, -0.2) is 35.1 Å². The number of anilines is 1. The van der Waals surface area contributed by atoms with E-state index in [1.54, 1.807) is 25.1 Å². The van der Waals surface area contributed by atoms with Crippen molar-refractivity contribution in [3.8, 4) is 17.2 Å². The number of carbonyl (C=O) groups excluding carboxylic acids is 1. The van der Waals surface area contributed by atoms with Crippen molar-refractivity contribution in [1.82, 2.24) is 10.2 Å². The van der Waals surface area contributed by atoms with E-state index in [-0.39, 0.29) is 28.6 Å². The van der Waals surface area contributed by atoms with Crippen molar-refractivity contribution in [1.29, 1.82) is 0 Å². The fourth-order valence-electron chi connectivity index (χ4n) is 2.78. The van der Waals surface area contributed by atoms with Crippen LogP contribution in [0.3, 0.4) is 0 Å². The van der Waals surface area contributed by atoms with Gasteiger partial charge in [0.05, 0.1) is 19.0 Å². The fourth-order valence-corrected chi connectivity index (χ4v) is 3.35. The van der Waals surface area contributed by atoms with Gasteiger partial charge in [0, 0.05) is 18.2 Å². The van der Waals surface area contributed by atoms with Gasteiger partial charge in [-0.1, -0.05) is 11.8 Å². The van der Waals surface area contributed by atoms with Gasteiger partial charge in [0.25, 0.3) is 11.1 Å². The summed E-state index contributed by atoms with van der Waals surface area (Å²) in [5, 5.41) is 10.9. The molecule has 3 aromatic rings. The third-order valence-electron chi connectivity index (χ3n) is 4.25. The van der Waals surface area contributed by atoms with Crippen molar-refractivity contribution in [2.45, 2.75) is 24.7 Å². The predicted molar refractivity (Wildman–Crippen MR) is 111 cm³/mol. The second-order valence-corrected chi connectivity index (χ2v) is 7.60. The minimum Gasteiger partial charge on any atom is -0.490 e. The molecule has 1 amide bonds. The Morgan fingerprint density at radius 2 is 1.94 bits per heavy atom.